The smallest absolute Gasteiger partial charge is 0.309 e. The van der Waals surface area contributed by atoms with Crippen molar-refractivity contribution in [2.24, 2.45) is 5.92 Å². The van der Waals surface area contributed by atoms with Gasteiger partial charge in [-0.2, -0.15) is 0 Å². The summed E-state index contributed by atoms with van der Waals surface area (Å²) in [4.78, 5) is 11.5. The minimum absolute atomic E-state index is 0.00319. The van der Waals surface area contributed by atoms with Gasteiger partial charge in [-0.15, -0.1) is 0 Å². The average Bonchev–Trinajstić information content (AvgIpc) is 2.66. The molecule has 3 heteroatoms. The first-order valence-electron chi connectivity index (χ1n) is 5.04. The molecule has 0 radical (unpaired) electrons. The molecule has 1 N–H and O–H groups in total. The van der Waals surface area contributed by atoms with Gasteiger partial charge in [-0.3, -0.25) is 4.79 Å². The van der Waals surface area contributed by atoms with Crippen LogP contribution in [-0.4, -0.2) is 24.8 Å². The molecule has 15 heavy (non-hydrogen) atoms. The number of aliphatic hydroxyl groups is 1. The monoisotopic (exact) mass is 206 g/mol. The normalized spacial score (nSPS) is 23.6. The Bertz CT molecular complexity index is 373. The highest BCUT2D eigenvalue weighted by atomic mass is 16.5. The number of carbonyl (C=O) groups excluding carboxylic acids is 1. The standard InChI is InChI=1S/C12H14O3/c1-15-12(14)10-6-8-4-2-3-5-9(8)11(10)7-13/h2-5,10-11,13H,6-7H2,1H3/t10-,11-/m1/s1. The number of aliphatic hydroxyl groups excluding tert-OH is 1. The first kappa shape index (κ1) is 10.2. The van der Waals surface area contributed by atoms with Gasteiger partial charge in [0.1, 0.15) is 0 Å². The van der Waals surface area contributed by atoms with Gasteiger partial charge in [-0.1, -0.05) is 24.3 Å². The lowest BCUT2D eigenvalue weighted by Gasteiger charge is -2.15. The molecule has 0 saturated heterocycles. The Kier molecular flexibility index (Phi) is 2.73. The Hall–Kier alpha value is -1.35. The number of carbonyl (C=O) groups is 1. The van der Waals surface area contributed by atoms with Crippen LogP contribution in [0.4, 0.5) is 0 Å². The predicted molar refractivity (Wildman–Crippen MR) is 55.5 cm³/mol. The molecule has 1 aromatic carbocycles. The first-order valence-corrected chi connectivity index (χ1v) is 5.04. The van der Waals surface area contributed by atoms with Crippen molar-refractivity contribution in [3.8, 4) is 0 Å². The topological polar surface area (TPSA) is 46.5 Å². The fourth-order valence-corrected chi connectivity index (χ4v) is 2.30. The lowest BCUT2D eigenvalue weighted by atomic mass is 9.93. The van der Waals surface area contributed by atoms with Crippen LogP contribution in [0.15, 0.2) is 24.3 Å². The maximum absolute atomic E-state index is 11.5. The molecule has 1 aliphatic carbocycles. The maximum Gasteiger partial charge on any atom is 0.309 e. The van der Waals surface area contributed by atoms with Gasteiger partial charge in [0.2, 0.25) is 0 Å². The third-order valence-corrected chi connectivity index (χ3v) is 3.08. The number of hydrogen-bond acceptors (Lipinski definition) is 3. The van der Waals surface area contributed by atoms with E-state index < -0.39 is 0 Å². The van der Waals surface area contributed by atoms with Gasteiger partial charge in [0, 0.05) is 5.92 Å². The van der Waals surface area contributed by atoms with E-state index in [0.29, 0.717) is 6.42 Å². The molecule has 2 atom stereocenters. The Balaban J connectivity index is 2.32. The molecule has 0 bridgehead atoms. The number of fused-ring (bicyclic) bond motifs is 1. The summed E-state index contributed by atoms with van der Waals surface area (Å²) in [6, 6.07) is 7.86. The molecule has 1 aromatic rings. The van der Waals surface area contributed by atoms with Crippen LogP contribution in [0.25, 0.3) is 0 Å². The van der Waals surface area contributed by atoms with Gasteiger partial charge in [0.05, 0.1) is 19.6 Å². The van der Waals surface area contributed by atoms with Crippen LogP contribution in [0.5, 0.6) is 0 Å². The summed E-state index contributed by atoms with van der Waals surface area (Å²) in [7, 11) is 1.39. The zero-order valence-corrected chi connectivity index (χ0v) is 8.64. The highest BCUT2D eigenvalue weighted by Crippen LogP contribution is 2.37. The fourth-order valence-electron chi connectivity index (χ4n) is 2.30. The van der Waals surface area contributed by atoms with Crippen LogP contribution >= 0.6 is 0 Å². The van der Waals surface area contributed by atoms with E-state index in [0.717, 1.165) is 11.1 Å². The molecule has 0 unspecified atom stereocenters. The van der Waals surface area contributed by atoms with Crippen LogP contribution < -0.4 is 0 Å². The molecule has 0 aliphatic heterocycles. The zero-order valence-electron chi connectivity index (χ0n) is 8.64. The molecule has 0 heterocycles. The minimum Gasteiger partial charge on any atom is -0.469 e. The average molecular weight is 206 g/mol. The molecule has 0 fully saturated rings. The summed E-state index contributed by atoms with van der Waals surface area (Å²) < 4.78 is 4.75. The number of benzene rings is 1. The van der Waals surface area contributed by atoms with E-state index in [2.05, 4.69) is 0 Å². The summed E-state index contributed by atoms with van der Waals surface area (Å²) in [6.07, 6.45) is 0.675. The molecule has 3 nitrogen and oxygen atoms in total. The highest BCUT2D eigenvalue weighted by molar-refractivity contribution is 5.75. The van der Waals surface area contributed by atoms with Crippen molar-refractivity contribution in [3.05, 3.63) is 35.4 Å². The molecular formula is C12H14O3. The Morgan fingerprint density at radius 2 is 2.27 bits per heavy atom. The zero-order chi connectivity index (χ0) is 10.8. The molecule has 0 aromatic heterocycles. The van der Waals surface area contributed by atoms with Crippen molar-refractivity contribution < 1.29 is 14.6 Å². The molecule has 0 spiro atoms. The van der Waals surface area contributed by atoms with Crippen molar-refractivity contribution in [2.45, 2.75) is 12.3 Å². The number of hydrogen-bond donors (Lipinski definition) is 1. The van der Waals surface area contributed by atoms with Crippen molar-refractivity contribution in [1.29, 1.82) is 0 Å². The van der Waals surface area contributed by atoms with Crippen molar-refractivity contribution >= 4 is 5.97 Å². The maximum atomic E-state index is 11.5. The fraction of sp³-hybridized carbons (Fsp3) is 0.417. The number of methoxy groups -OCH3 is 1. The molecule has 80 valence electrons. The first-order chi connectivity index (χ1) is 7.27. The SMILES string of the molecule is COC(=O)[C@@H]1Cc2ccccc2[C@H]1CO. The Labute approximate surface area is 88.7 Å². The molecule has 2 rings (SSSR count). The third-order valence-electron chi connectivity index (χ3n) is 3.08. The van der Waals surface area contributed by atoms with E-state index in [9.17, 15) is 9.90 Å². The summed E-state index contributed by atoms with van der Waals surface area (Å²) in [5.74, 6) is -0.559. The van der Waals surface area contributed by atoms with E-state index in [1.54, 1.807) is 0 Å². The molecule has 0 amide bonds. The van der Waals surface area contributed by atoms with Crippen molar-refractivity contribution in [2.75, 3.05) is 13.7 Å². The predicted octanol–water partition coefficient (Wildman–Crippen LogP) is 1.11. The van der Waals surface area contributed by atoms with Crippen LogP contribution in [-0.2, 0) is 16.0 Å². The largest absolute Gasteiger partial charge is 0.469 e. The van der Waals surface area contributed by atoms with Crippen molar-refractivity contribution in [1.82, 2.24) is 0 Å². The second kappa shape index (κ2) is 4.03. The summed E-state index contributed by atoms with van der Waals surface area (Å²) in [5, 5.41) is 9.32. The van der Waals surface area contributed by atoms with Crippen molar-refractivity contribution in [3.63, 3.8) is 0 Å². The quantitative estimate of drug-likeness (QED) is 0.737. The van der Waals surface area contributed by atoms with E-state index in [-0.39, 0.29) is 24.4 Å². The number of ether oxygens (including phenoxy) is 1. The van der Waals surface area contributed by atoms with Gasteiger partial charge in [0.15, 0.2) is 0 Å². The van der Waals surface area contributed by atoms with Gasteiger partial charge in [-0.05, 0) is 17.5 Å². The second-order valence-electron chi connectivity index (χ2n) is 3.82. The second-order valence-corrected chi connectivity index (χ2v) is 3.82. The highest BCUT2D eigenvalue weighted by Gasteiger charge is 2.37. The molecule has 0 saturated carbocycles. The van der Waals surface area contributed by atoms with E-state index >= 15 is 0 Å². The van der Waals surface area contributed by atoms with Crippen LogP contribution in [0.1, 0.15) is 17.0 Å². The number of esters is 1. The van der Waals surface area contributed by atoms with Crippen LogP contribution in [0.3, 0.4) is 0 Å². The van der Waals surface area contributed by atoms with E-state index in [4.69, 9.17) is 4.74 Å². The van der Waals surface area contributed by atoms with E-state index in [1.165, 1.54) is 7.11 Å². The molecular weight excluding hydrogens is 192 g/mol. The summed E-state index contributed by atoms with van der Waals surface area (Å²) in [6.45, 7) is -0.00319. The summed E-state index contributed by atoms with van der Waals surface area (Å²) in [5.41, 5.74) is 2.22. The van der Waals surface area contributed by atoms with Gasteiger partial charge in [0.25, 0.3) is 0 Å². The Morgan fingerprint density at radius 1 is 1.53 bits per heavy atom. The van der Waals surface area contributed by atoms with Crippen LogP contribution in [0.2, 0.25) is 0 Å². The minimum atomic E-state index is -0.231. The molecule has 1 aliphatic rings. The van der Waals surface area contributed by atoms with Gasteiger partial charge in [-0.25, -0.2) is 0 Å². The van der Waals surface area contributed by atoms with Gasteiger partial charge >= 0.3 is 5.97 Å². The Morgan fingerprint density at radius 3 is 2.93 bits per heavy atom. The van der Waals surface area contributed by atoms with E-state index in [1.807, 2.05) is 24.3 Å². The summed E-state index contributed by atoms with van der Waals surface area (Å²) >= 11 is 0. The lowest BCUT2D eigenvalue weighted by Crippen LogP contribution is -2.22. The van der Waals surface area contributed by atoms with Crippen LogP contribution in [0, 0.1) is 5.92 Å². The lowest BCUT2D eigenvalue weighted by molar-refractivity contribution is -0.146. The third kappa shape index (κ3) is 1.63. The number of rotatable bonds is 2. The van der Waals surface area contributed by atoms with Gasteiger partial charge < -0.3 is 9.84 Å².